The second-order valence-electron chi connectivity index (χ2n) is 6.11. The van der Waals surface area contributed by atoms with E-state index in [0.717, 1.165) is 11.1 Å². The molecule has 6 heteroatoms. The Bertz CT molecular complexity index is 1010. The number of nitrogens with zero attached hydrogens (tertiary/aromatic N) is 1. The summed E-state index contributed by atoms with van der Waals surface area (Å²) in [5.74, 6) is -0.642. The van der Waals surface area contributed by atoms with Gasteiger partial charge in [-0.15, -0.1) is 0 Å². The van der Waals surface area contributed by atoms with E-state index in [2.05, 4.69) is 15.5 Å². The van der Waals surface area contributed by atoms with Gasteiger partial charge in [0, 0.05) is 0 Å². The van der Waals surface area contributed by atoms with Crippen molar-refractivity contribution in [3.8, 4) is 5.75 Å². The zero-order valence-corrected chi connectivity index (χ0v) is 14.5. The summed E-state index contributed by atoms with van der Waals surface area (Å²) in [4.78, 5) is 24.5. The van der Waals surface area contributed by atoms with Crippen molar-refractivity contribution in [2.24, 2.45) is 0 Å². The SMILES string of the molecule is Cc1n[nH]c(=O)c(C(=O)Nc2cc(Cc3ccccc3)ccc2O)c1C. The van der Waals surface area contributed by atoms with Crippen LogP contribution in [0.2, 0.25) is 0 Å². The van der Waals surface area contributed by atoms with Gasteiger partial charge in [-0.1, -0.05) is 36.4 Å². The van der Waals surface area contributed by atoms with Crippen LogP contribution in [-0.4, -0.2) is 21.2 Å². The molecule has 0 saturated carbocycles. The Balaban J connectivity index is 1.88. The molecule has 0 fully saturated rings. The van der Waals surface area contributed by atoms with Crippen molar-refractivity contribution in [1.82, 2.24) is 10.2 Å². The van der Waals surface area contributed by atoms with Gasteiger partial charge in [-0.05, 0) is 49.1 Å². The van der Waals surface area contributed by atoms with E-state index in [1.54, 1.807) is 26.0 Å². The van der Waals surface area contributed by atoms with Crippen LogP contribution < -0.4 is 10.9 Å². The number of aromatic hydroxyl groups is 1. The first-order valence-electron chi connectivity index (χ1n) is 8.18. The van der Waals surface area contributed by atoms with Gasteiger partial charge in [0.2, 0.25) is 0 Å². The Morgan fingerprint density at radius 1 is 1.12 bits per heavy atom. The standard InChI is InChI=1S/C20H19N3O3/c1-12-13(2)22-23-20(26)18(12)19(25)21-16-11-15(8-9-17(16)24)10-14-6-4-3-5-7-14/h3-9,11,24H,10H2,1-2H3,(H,21,25)(H,23,26). The molecule has 3 rings (SSSR count). The van der Waals surface area contributed by atoms with E-state index >= 15 is 0 Å². The van der Waals surface area contributed by atoms with Gasteiger partial charge >= 0.3 is 0 Å². The minimum absolute atomic E-state index is 0.00892. The molecule has 0 spiro atoms. The molecular weight excluding hydrogens is 330 g/mol. The first kappa shape index (κ1) is 17.4. The van der Waals surface area contributed by atoms with Crippen LogP contribution in [0.4, 0.5) is 5.69 Å². The minimum atomic E-state index is -0.582. The summed E-state index contributed by atoms with van der Waals surface area (Å²) in [6.07, 6.45) is 0.665. The maximum absolute atomic E-state index is 12.6. The molecule has 0 bridgehead atoms. The lowest BCUT2D eigenvalue weighted by atomic mass is 10.0. The van der Waals surface area contributed by atoms with E-state index in [0.29, 0.717) is 17.7 Å². The second-order valence-corrected chi connectivity index (χ2v) is 6.11. The Hall–Kier alpha value is -3.41. The quantitative estimate of drug-likeness (QED) is 0.631. The lowest BCUT2D eigenvalue weighted by Crippen LogP contribution is -2.26. The minimum Gasteiger partial charge on any atom is -0.506 e. The maximum Gasteiger partial charge on any atom is 0.277 e. The van der Waals surface area contributed by atoms with Gasteiger partial charge in [-0.25, -0.2) is 5.10 Å². The summed E-state index contributed by atoms with van der Waals surface area (Å²) in [6.45, 7) is 3.37. The average Bonchev–Trinajstić information content (AvgIpc) is 2.62. The fourth-order valence-corrected chi connectivity index (χ4v) is 2.71. The van der Waals surface area contributed by atoms with Crippen molar-refractivity contribution in [3.05, 3.63) is 86.8 Å². The van der Waals surface area contributed by atoms with Crippen molar-refractivity contribution in [1.29, 1.82) is 0 Å². The van der Waals surface area contributed by atoms with Gasteiger partial charge in [0.05, 0.1) is 11.4 Å². The first-order valence-corrected chi connectivity index (χ1v) is 8.18. The summed E-state index contributed by atoms with van der Waals surface area (Å²) in [6, 6.07) is 14.9. The average molecular weight is 349 g/mol. The number of aromatic nitrogens is 2. The lowest BCUT2D eigenvalue weighted by molar-refractivity contribution is 0.102. The summed E-state index contributed by atoms with van der Waals surface area (Å²) in [5.41, 5.74) is 2.81. The molecule has 26 heavy (non-hydrogen) atoms. The molecule has 1 aromatic heterocycles. The third-order valence-corrected chi connectivity index (χ3v) is 4.26. The molecule has 0 aliphatic rings. The van der Waals surface area contributed by atoms with Crippen LogP contribution >= 0.6 is 0 Å². The van der Waals surface area contributed by atoms with Crippen LogP contribution in [0.15, 0.2) is 53.3 Å². The van der Waals surface area contributed by atoms with Gasteiger partial charge in [0.25, 0.3) is 11.5 Å². The number of carbonyl (C=O) groups excluding carboxylic acids is 1. The third-order valence-electron chi connectivity index (χ3n) is 4.26. The topological polar surface area (TPSA) is 95.1 Å². The number of phenolic OH excluding ortho intramolecular Hbond substituents is 1. The predicted octanol–water partition coefficient (Wildman–Crippen LogP) is 2.94. The van der Waals surface area contributed by atoms with Crippen molar-refractivity contribution in [3.63, 3.8) is 0 Å². The molecule has 1 amide bonds. The van der Waals surface area contributed by atoms with Crippen molar-refractivity contribution in [2.75, 3.05) is 5.32 Å². The van der Waals surface area contributed by atoms with Crippen LogP contribution in [0.1, 0.15) is 32.7 Å². The number of phenols is 1. The van der Waals surface area contributed by atoms with Gasteiger partial charge in [0.15, 0.2) is 0 Å². The number of rotatable bonds is 4. The summed E-state index contributed by atoms with van der Waals surface area (Å²) < 4.78 is 0. The molecule has 0 atom stereocenters. The zero-order valence-electron chi connectivity index (χ0n) is 14.5. The number of amides is 1. The molecule has 2 aromatic carbocycles. The number of hydrogen-bond acceptors (Lipinski definition) is 4. The number of nitrogens with one attached hydrogen (secondary N) is 2. The molecule has 132 valence electrons. The fraction of sp³-hybridized carbons (Fsp3) is 0.150. The van der Waals surface area contributed by atoms with Gasteiger partial charge in [-0.2, -0.15) is 5.10 Å². The Morgan fingerprint density at radius 3 is 2.58 bits per heavy atom. The highest BCUT2D eigenvalue weighted by atomic mass is 16.3. The van der Waals surface area contributed by atoms with Gasteiger partial charge in [-0.3, -0.25) is 9.59 Å². The van der Waals surface area contributed by atoms with Crippen LogP contribution in [0.3, 0.4) is 0 Å². The van der Waals surface area contributed by atoms with E-state index in [1.165, 1.54) is 6.07 Å². The molecule has 0 radical (unpaired) electrons. The highest BCUT2D eigenvalue weighted by molar-refractivity contribution is 6.05. The Labute approximate surface area is 150 Å². The van der Waals surface area contributed by atoms with E-state index in [9.17, 15) is 14.7 Å². The predicted molar refractivity (Wildman–Crippen MR) is 99.6 cm³/mol. The highest BCUT2D eigenvalue weighted by Gasteiger charge is 2.17. The molecule has 0 saturated heterocycles. The largest absolute Gasteiger partial charge is 0.506 e. The van der Waals surface area contributed by atoms with Crippen molar-refractivity contribution in [2.45, 2.75) is 20.3 Å². The first-order chi connectivity index (χ1) is 12.5. The molecule has 3 N–H and O–H groups in total. The smallest absolute Gasteiger partial charge is 0.277 e. The lowest BCUT2D eigenvalue weighted by Gasteiger charge is -2.11. The van der Waals surface area contributed by atoms with E-state index in [4.69, 9.17) is 0 Å². The number of H-pyrrole nitrogens is 1. The van der Waals surface area contributed by atoms with Crippen LogP contribution in [0, 0.1) is 13.8 Å². The number of aromatic amines is 1. The van der Waals surface area contributed by atoms with E-state index in [1.807, 2.05) is 30.3 Å². The van der Waals surface area contributed by atoms with Crippen LogP contribution in [0.5, 0.6) is 5.75 Å². The second kappa shape index (κ2) is 7.23. The number of benzene rings is 2. The maximum atomic E-state index is 12.6. The third kappa shape index (κ3) is 3.64. The molecule has 6 nitrogen and oxygen atoms in total. The van der Waals surface area contributed by atoms with Gasteiger partial charge < -0.3 is 10.4 Å². The Kier molecular flexibility index (Phi) is 4.84. The number of carbonyl (C=O) groups is 1. The molecule has 0 aliphatic heterocycles. The summed E-state index contributed by atoms with van der Waals surface area (Å²) >= 11 is 0. The zero-order chi connectivity index (χ0) is 18.7. The van der Waals surface area contributed by atoms with Crippen LogP contribution in [-0.2, 0) is 6.42 Å². The molecule has 1 heterocycles. The Morgan fingerprint density at radius 2 is 1.85 bits per heavy atom. The highest BCUT2D eigenvalue weighted by Crippen LogP contribution is 2.26. The van der Waals surface area contributed by atoms with E-state index in [-0.39, 0.29) is 17.0 Å². The van der Waals surface area contributed by atoms with E-state index < -0.39 is 11.5 Å². The molecule has 0 unspecified atom stereocenters. The molecular formula is C20H19N3O3. The van der Waals surface area contributed by atoms with Crippen molar-refractivity contribution >= 4 is 11.6 Å². The number of anilines is 1. The number of hydrogen-bond donors (Lipinski definition) is 3. The fourth-order valence-electron chi connectivity index (χ4n) is 2.71. The van der Waals surface area contributed by atoms with Crippen LogP contribution in [0.25, 0.3) is 0 Å². The van der Waals surface area contributed by atoms with Gasteiger partial charge in [0.1, 0.15) is 11.3 Å². The summed E-state index contributed by atoms with van der Waals surface area (Å²) in [7, 11) is 0. The summed E-state index contributed by atoms with van der Waals surface area (Å²) in [5, 5.41) is 18.8. The monoisotopic (exact) mass is 349 g/mol. The molecule has 0 aliphatic carbocycles. The normalized spacial score (nSPS) is 10.5. The number of aryl methyl sites for hydroxylation is 1. The van der Waals surface area contributed by atoms with Crippen molar-refractivity contribution < 1.29 is 9.90 Å². The molecule has 3 aromatic rings.